The lowest BCUT2D eigenvalue weighted by atomic mass is 10.1. The summed E-state index contributed by atoms with van der Waals surface area (Å²) in [4.78, 5) is 11.7. The van der Waals surface area contributed by atoms with Gasteiger partial charge in [-0.3, -0.25) is 4.57 Å². The van der Waals surface area contributed by atoms with Gasteiger partial charge in [-0.05, 0) is 20.8 Å². The first kappa shape index (κ1) is 15.2. The molecular weight excluding hydrogens is 282 g/mol. The zero-order valence-electron chi connectivity index (χ0n) is 12.5. The maximum absolute atomic E-state index is 12.6. The SMILES string of the molecule is CN(C(C)(C)C)S(=O)(=O)N1CCn2c(nn(C)c2=O)C1. The molecule has 114 valence electrons. The number of hydrogen-bond acceptors (Lipinski definition) is 4. The van der Waals surface area contributed by atoms with Gasteiger partial charge in [0.1, 0.15) is 5.82 Å². The highest BCUT2D eigenvalue weighted by Crippen LogP contribution is 2.21. The van der Waals surface area contributed by atoms with Crippen molar-refractivity contribution in [1.29, 1.82) is 0 Å². The summed E-state index contributed by atoms with van der Waals surface area (Å²) >= 11 is 0. The monoisotopic (exact) mass is 303 g/mol. The minimum Gasteiger partial charge on any atom is -0.276 e. The number of fused-ring (bicyclic) bond motifs is 1. The van der Waals surface area contributed by atoms with Crippen LogP contribution < -0.4 is 5.69 Å². The number of hydrogen-bond donors (Lipinski definition) is 0. The summed E-state index contributed by atoms with van der Waals surface area (Å²) in [7, 11) is -0.436. The highest BCUT2D eigenvalue weighted by atomic mass is 32.2. The topological polar surface area (TPSA) is 80.4 Å². The Labute approximate surface area is 118 Å². The molecule has 0 aromatic carbocycles. The van der Waals surface area contributed by atoms with Gasteiger partial charge in [-0.1, -0.05) is 0 Å². The van der Waals surface area contributed by atoms with Crippen molar-refractivity contribution in [1.82, 2.24) is 23.0 Å². The van der Waals surface area contributed by atoms with Gasteiger partial charge in [0, 0.05) is 32.7 Å². The van der Waals surface area contributed by atoms with E-state index >= 15 is 0 Å². The van der Waals surface area contributed by atoms with Crippen molar-refractivity contribution in [3.63, 3.8) is 0 Å². The Balaban J connectivity index is 2.31. The first-order valence-electron chi connectivity index (χ1n) is 6.42. The minimum atomic E-state index is -3.56. The van der Waals surface area contributed by atoms with Crippen molar-refractivity contribution in [3.05, 3.63) is 16.3 Å². The third-order valence-electron chi connectivity index (χ3n) is 3.59. The van der Waals surface area contributed by atoms with E-state index in [0.717, 1.165) is 0 Å². The van der Waals surface area contributed by atoms with Gasteiger partial charge in [-0.25, -0.2) is 9.48 Å². The van der Waals surface area contributed by atoms with Crippen molar-refractivity contribution in [2.75, 3.05) is 13.6 Å². The van der Waals surface area contributed by atoms with Crippen LogP contribution in [0.4, 0.5) is 0 Å². The average molecular weight is 303 g/mol. The van der Waals surface area contributed by atoms with Crippen molar-refractivity contribution in [2.45, 2.75) is 39.4 Å². The molecule has 0 amide bonds. The fourth-order valence-electron chi connectivity index (χ4n) is 2.06. The van der Waals surface area contributed by atoms with Crippen LogP contribution in [-0.2, 0) is 30.3 Å². The molecule has 0 unspecified atom stereocenters. The fraction of sp³-hybridized carbons (Fsp3) is 0.818. The number of rotatable bonds is 2. The summed E-state index contributed by atoms with van der Waals surface area (Å²) in [6.07, 6.45) is 0. The first-order valence-corrected chi connectivity index (χ1v) is 7.81. The van der Waals surface area contributed by atoms with Crippen LogP contribution in [0.1, 0.15) is 26.6 Å². The number of aryl methyl sites for hydroxylation is 1. The van der Waals surface area contributed by atoms with Gasteiger partial charge in [0.2, 0.25) is 0 Å². The molecule has 0 saturated heterocycles. The third kappa shape index (κ3) is 2.40. The molecule has 0 bridgehead atoms. The lowest BCUT2D eigenvalue weighted by Gasteiger charge is -2.36. The summed E-state index contributed by atoms with van der Waals surface area (Å²) in [5.74, 6) is 0.481. The van der Waals surface area contributed by atoms with Crippen LogP contribution in [0, 0.1) is 0 Å². The van der Waals surface area contributed by atoms with Gasteiger partial charge in [0.15, 0.2) is 0 Å². The lowest BCUT2D eigenvalue weighted by molar-refractivity contribution is 0.245. The van der Waals surface area contributed by atoms with E-state index in [9.17, 15) is 13.2 Å². The van der Waals surface area contributed by atoms with Crippen molar-refractivity contribution >= 4 is 10.2 Å². The van der Waals surface area contributed by atoms with Crippen LogP contribution in [0.5, 0.6) is 0 Å². The second kappa shape index (κ2) is 4.68. The van der Waals surface area contributed by atoms with Gasteiger partial charge in [-0.15, -0.1) is 0 Å². The second-order valence-corrected chi connectivity index (χ2v) is 7.91. The van der Waals surface area contributed by atoms with E-state index in [2.05, 4.69) is 5.10 Å². The Bertz CT molecular complexity index is 667. The van der Waals surface area contributed by atoms with E-state index in [4.69, 9.17) is 0 Å². The highest BCUT2D eigenvalue weighted by Gasteiger charge is 2.36. The molecule has 20 heavy (non-hydrogen) atoms. The molecule has 2 heterocycles. The lowest BCUT2D eigenvalue weighted by Crippen LogP contribution is -2.52. The molecule has 8 nitrogen and oxygen atoms in total. The summed E-state index contributed by atoms with van der Waals surface area (Å²) in [5.41, 5.74) is -0.707. The largest absolute Gasteiger partial charge is 0.345 e. The van der Waals surface area contributed by atoms with Crippen LogP contribution >= 0.6 is 0 Å². The van der Waals surface area contributed by atoms with Gasteiger partial charge in [0.25, 0.3) is 10.2 Å². The van der Waals surface area contributed by atoms with Crippen LogP contribution in [0.3, 0.4) is 0 Å². The average Bonchev–Trinajstić information content (AvgIpc) is 2.62. The Morgan fingerprint density at radius 1 is 1.25 bits per heavy atom. The van der Waals surface area contributed by atoms with Crippen molar-refractivity contribution < 1.29 is 8.42 Å². The summed E-state index contributed by atoms with van der Waals surface area (Å²) in [5, 5.41) is 4.08. The van der Waals surface area contributed by atoms with E-state index in [1.165, 1.54) is 17.9 Å². The normalized spacial score (nSPS) is 17.5. The smallest absolute Gasteiger partial charge is 0.276 e. The molecule has 1 aromatic rings. The molecule has 1 aliphatic heterocycles. The molecule has 2 rings (SSSR count). The Hall–Kier alpha value is -1.19. The summed E-state index contributed by atoms with van der Waals surface area (Å²) < 4.78 is 30.6. The van der Waals surface area contributed by atoms with Gasteiger partial charge in [0.05, 0.1) is 6.54 Å². The standard InChI is InChI=1S/C11H21N5O3S/c1-11(2,3)14(5)20(18,19)15-6-7-16-9(8-15)12-13(4)10(16)17/h6-8H2,1-5H3. The quantitative estimate of drug-likeness (QED) is 0.729. The zero-order chi connectivity index (χ0) is 15.3. The van der Waals surface area contributed by atoms with E-state index in [1.807, 2.05) is 20.8 Å². The molecule has 0 atom stereocenters. The molecule has 0 spiro atoms. The van der Waals surface area contributed by atoms with E-state index < -0.39 is 15.7 Å². The van der Waals surface area contributed by atoms with Crippen LogP contribution in [-0.4, -0.2) is 50.5 Å². The number of nitrogens with zero attached hydrogens (tertiary/aromatic N) is 5. The molecule has 9 heteroatoms. The van der Waals surface area contributed by atoms with Crippen LogP contribution in [0.2, 0.25) is 0 Å². The van der Waals surface area contributed by atoms with Gasteiger partial charge in [-0.2, -0.15) is 22.1 Å². The van der Waals surface area contributed by atoms with E-state index in [-0.39, 0.29) is 18.8 Å². The molecule has 1 aliphatic rings. The third-order valence-corrected chi connectivity index (χ3v) is 5.80. The Morgan fingerprint density at radius 3 is 2.40 bits per heavy atom. The zero-order valence-corrected chi connectivity index (χ0v) is 13.3. The molecular formula is C11H21N5O3S. The van der Waals surface area contributed by atoms with E-state index in [1.54, 1.807) is 14.1 Å². The summed E-state index contributed by atoms with van der Waals surface area (Å²) in [6.45, 7) is 6.25. The van der Waals surface area contributed by atoms with Crippen LogP contribution in [0.25, 0.3) is 0 Å². The number of aromatic nitrogens is 3. The molecule has 0 fully saturated rings. The Morgan fingerprint density at radius 2 is 1.85 bits per heavy atom. The van der Waals surface area contributed by atoms with Crippen molar-refractivity contribution in [3.8, 4) is 0 Å². The predicted molar refractivity (Wildman–Crippen MR) is 74.3 cm³/mol. The maximum atomic E-state index is 12.6. The first-order chi connectivity index (χ1) is 9.05. The molecule has 0 aliphatic carbocycles. The maximum Gasteiger partial charge on any atom is 0.345 e. The van der Waals surface area contributed by atoms with Crippen molar-refractivity contribution in [2.24, 2.45) is 7.05 Å². The van der Waals surface area contributed by atoms with Crippen LogP contribution in [0.15, 0.2) is 4.79 Å². The molecule has 0 N–H and O–H groups in total. The van der Waals surface area contributed by atoms with Gasteiger partial charge < -0.3 is 0 Å². The fourth-order valence-corrected chi connectivity index (χ4v) is 3.69. The highest BCUT2D eigenvalue weighted by molar-refractivity contribution is 7.86. The predicted octanol–water partition coefficient (Wildman–Crippen LogP) is -0.627. The van der Waals surface area contributed by atoms with E-state index in [0.29, 0.717) is 12.4 Å². The molecule has 1 aromatic heterocycles. The molecule has 0 saturated carbocycles. The summed E-state index contributed by atoms with van der Waals surface area (Å²) in [6, 6.07) is 0. The minimum absolute atomic E-state index is 0.124. The second-order valence-electron chi connectivity index (χ2n) is 5.95. The molecule has 0 radical (unpaired) electrons. The van der Waals surface area contributed by atoms with Gasteiger partial charge >= 0.3 is 5.69 Å². The Kier molecular flexibility index (Phi) is 3.55.